The molecular formula is C48H33F3IrN3. The first-order valence-electron chi connectivity index (χ1n) is 17.3. The van der Waals surface area contributed by atoms with Crippen LogP contribution in [0.1, 0.15) is 16.7 Å². The number of aryl methyl sites for hydroxylation is 3. The van der Waals surface area contributed by atoms with Gasteiger partial charge in [0.1, 0.15) is 0 Å². The summed E-state index contributed by atoms with van der Waals surface area (Å²) in [6.45, 7) is 5.24. The predicted molar refractivity (Wildman–Crippen MR) is 212 cm³/mol. The Morgan fingerprint density at radius 1 is 0.400 bits per heavy atom. The first kappa shape index (κ1) is 38.7. The molecule has 6 aromatic carbocycles. The fourth-order valence-electron chi connectivity index (χ4n) is 6.16. The number of hydrogen-bond acceptors (Lipinski definition) is 3. The van der Waals surface area contributed by atoms with Crippen molar-refractivity contribution in [2.24, 2.45) is 0 Å². The molecule has 0 radical (unpaired) electrons. The zero-order chi connectivity index (χ0) is 37.6. The van der Waals surface area contributed by atoms with Crippen LogP contribution >= 0.6 is 0 Å². The van der Waals surface area contributed by atoms with Crippen molar-refractivity contribution in [3.63, 3.8) is 0 Å². The Hall–Kier alpha value is -6.01. The minimum Gasteiger partial charge on any atom is -0.304 e. The summed E-state index contributed by atoms with van der Waals surface area (Å²) in [5.41, 5.74) is 6.83. The van der Waals surface area contributed by atoms with E-state index in [1.54, 1.807) is 57.6 Å². The van der Waals surface area contributed by atoms with Gasteiger partial charge in [0.25, 0.3) is 0 Å². The van der Waals surface area contributed by atoms with Crippen molar-refractivity contribution in [3.8, 4) is 33.8 Å². The quantitative estimate of drug-likeness (QED) is 0.166. The molecule has 0 unspecified atom stereocenters. The monoisotopic (exact) mass is 901 g/mol. The van der Waals surface area contributed by atoms with Crippen LogP contribution in [0.3, 0.4) is 0 Å². The van der Waals surface area contributed by atoms with Crippen LogP contribution in [0.4, 0.5) is 13.2 Å². The minimum atomic E-state index is -0.237. The average Bonchev–Trinajstić information content (AvgIpc) is 3.21. The molecule has 0 saturated heterocycles. The number of halogens is 3. The Bertz CT molecular complexity index is 2450. The summed E-state index contributed by atoms with van der Waals surface area (Å²) in [5, 5.41) is 6.54. The van der Waals surface area contributed by atoms with Gasteiger partial charge in [-0.2, -0.15) is 0 Å². The van der Waals surface area contributed by atoms with E-state index in [4.69, 9.17) is 0 Å². The van der Waals surface area contributed by atoms with Gasteiger partial charge in [-0.1, -0.05) is 110 Å². The Labute approximate surface area is 332 Å². The van der Waals surface area contributed by atoms with E-state index in [0.29, 0.717) is 16.7 Å². The number of pyridine rings is 3. The second kappa shape index (κ2) is 17.4. The standard InChI is InChI=1S/3C16H11FN.Ir/c3*1-11-10-13(6-7-15(11)17)16-14-5-3-2-4-12(14)8-9-18-16;/h3*2-5,7-10H,1H3;/q3*-1;+3. The molecule has 0 fully saturated rings. The van der Waals surface area contributed by atoms with E-state index < -0.39 is 0 Å². The molecular weight excluding hydrogens is 868 g/mol. The van der Waals surface area contributed by atoms with Gasteiger partial charge >= 0.3 is 20.1 Å². The average molecular weight is 901 g/mol. The molecule has 0 aliphatic heterocycles. The molecule has 0 saturated carbocycles. The Morgan fingerprint density at radius 3 is 0.945 bits per heavy atom. The van der Waals surface area contributed by atoms with E-state index in [2.05, 4.69) is 33.2 Å². The summed E-state index contributed by atoms with van der Waals surface area (Å²) in [4.78, 5) is 13.2. The van der Waals surface area contributed by atoms with Gasteiger partial charge in [0, 0.05) is 36.0 Å². The molecule has 7 heteroatoms. The molecule has 3 aromatic heterocycles. The van der Waals surface area contributed by atoms with Crippen molar-refractivity contribution in [2.75, 3.05) is 0 Å². The molecule has 55 heavy (non-hydrogen) atoms. The van der Waals surface area contributed by atoms with Crippen LogP contribution in [0.15, 0.2) is 146 Å². The molecule has 3 heterocycles. The summed E-state index contributed by atoms with van der Waals surface area (Å²) < 4.78 is 39.8. The molecule has 0 spiro atoms. The smallest absolute Gasteiger partial charge is 0.304 e. The topological polar surface area (TPSA) is 38.7 Å². The maximum atomic E-state index is 13.3. The van der Waals surface area contributed by atoms with Crippen molar-refractivity contribution in [1.29, 1.82) is 0 Å². The molecule has 0 aliphatic carbocycles. The Balaban J connectivity index is 0.000000139. The number of rotatable bonds is 3. The summed E-state index contributed by atoms with van der Waals surface area (Å²) in [6.07, 6.45) is 5.30. The van der Waals surface area contributed by atoms with Crippen LogP contribution in [-0.4, -0.2) is 15.0 Å². The van der Waals surface area contributed by atoms with Crippen molar-refractivity contribution in [3.05, 3.63) is 198 Å². The van der Waals surface area contributed by atoms with E-state index in [1.165, 1.54) is 18.2 Å². The van der Waals surface area contributed by atoms with E-state index >= 15 is 0 Å². The first-order chi connectivity index (χ1) is 26.3. The van der Waals surface area contributed by atoms with Crippen LogP contribution in [0.5, 0.6) is 0 Å². The summed E-state index contributed by atoms with van der Waals surface area (Å²) in [7, 11) is 0. The third kappa shape index (κ3) is 8.70. The van der Waals surface area contributed by atoms with Crippen LogP contribution in [-0.2, 0) is 20.1 Å². The molecule has 9 aromatic rings. The van der Waals surface area contributed by atoms with Crippen molar-refractivity contribution < 1.29 is 33.3 Å². The van der Waals surface area contributed by atoms with Gasteiger partial charge in [0.05, 0.1) is 0 Å². The third-order valence-electron chi connectivity index (χ3n) is 9.06. The summed E-state index contributed by atoms with van der Waals surface area (Å²) >= 11 is 0. The van der Waals surface area contributed by atoms with Gasteiger partial charge in [-0.25, -0.2) is 0 Å². The van der Waals surface area contributed by atoms with Crippen molar-refractivity contribution >= 4 is 32.3 Å². The van der Waals surface area contributed by atoms with E-state index in [0.717, 1.165) is 66.1 Å². The van der Waals surface area contributed by atoms with E-state index in [-0.39, 0.29) is 37.6 Å². The Morgan fingerprint density at radius 2 is 0.673 bits per heavy atom. The number of nitrogens with zero attached hydrogens (tertiary/aromatic N) is 3. The van der Waals surface area contributed by atoms with Crippen LogP contribution < -0.4 is 0 Å². The molecule has 0 N–H and O–H groups in total. The van der Waals surface area contributed by atoms with E-state index in [9.17, 15) is 13.2 Å². The third-order valence-corrected chi connectivity index (χ3v) is 9.06. The zero-order valence-corrected chi connectivity index (χ0v) is 32.6. The zero-order valence-electron chi connectivity index (χ0n) is 30.2. The van der Waals surface area contributed by atoms with Crippen molar-refractivity contribution in [2.45, 2.75) is 20.8 Å². The fourth-order valence-corrected chi connectivity index (χ4v) is 6.16. The van der Waals surface area contributed by atoms with Gasteiger partial charge in [0.15, 0.2) is 0 Å². The van der Waals surface area contributed by atoms with Crippen LogP contribution in [0.2, 0.25) is 0 Å². The molecule has 270 valence electrons. The normalized spacial score (nSPS) is 10.6. The van der Waals surface area contributed by atoms with Gasteiger partial charge < -0.3 is 15.0 Å². The second-order valence-corrected chi connectivity index (χ2v) is 12.8. The van der Waals surface area contributed by atoms with Crippen LogP contribution in [0, 0.1) is 56.4 Å². The molecule has 0 amide bonds. The van der Waals surface area contributed by atoms with Gasteiger partial charge in [-0.3, -0.25) is 13.2 Å². The summed E-state index contributed by atoms with van der Waals surface area (Å²) in [6, 6.07) is 48.3. The van der Waals surface area contributed by atoms with E-state index in [1.807, 2.05) is 91.0 Å². The minimum absolute atomic E-state index is 0. The molecule has 0 atom stereocenters. The second-order valence-electron chi connectivity index (χ2n) is 12.8. The summed E-state index contributed by atoms with van der Waals surface area (Å²) in [5.74, 6) is -0.711. The maximum absolute atomic E-state index is 13.3. The molecule has 9 rings (SSSR count). The van der Waals surface area contributed by atoms with Crippen molar-refractivity contribution in [1.82, 2.24) is 15.0 Å². The SMILES string of the molecule is Cc1cc(-c2nccc3ccccc23)[c-]cc1F.Cc1cc(-c2nccc3ccccc23)[c-]cc1F.Cc1cc(-c2nccc3ccccc23)[c-]cc1F.[Ir+3]. The number of benzene rings is 6. The van der Waals surface area contributed by atoms with Gasteiger partial charge in [0.2, 0.25) is 0 Å². The molecule has 0 aliphatic rings. The number of fused-ring (bicyclic) bond motifs is 3. The first-order valence-corrected chi connectivity index (χ1v) is 17.3. The maximum Gasteiger partial charge on any atom is 3.00 e. The fraction of sp³-hybridized carbons (Fsp3) is 0.0625. The Kier molecular flexibility index (Phi) is 12.3. The number of aromatic nitrogens is 3. The largest absolute Gasteiger partial charge is 3.00 e. The predicted octanol–water partition coefficient (Wildman–Crippen LogP) is 12.4. The molecule has 0 bridgehead atoms. The van der Waals surface area contributed by atoms with Gasteiger partial charge in [-0.15, -0.1) is 71.3 Å². The number of hydrogen-bond donors (Lipinski definition) is 0. The van der Waals surface area contributed by atoms with Crippen LogP contribution in [0.25, 0.3) is 66.1 Å². The molecule has 3 nitrogen and oxygen atoms in total. The van der Waals surface area contributed by atoms with Gasteiger partial charge in [-0.05, 0) is 67.6 Å².